The lowest BCUT2D eigenvalue weighted by molar-refractivity contribution is -0.265. The molecule has 37 heteroatoms. The van der Waals surface area contributed by atoms with Gasteiger partial charge in [0.2, 0.25) is 17.6 Å². The number of ether oxygens (including phenoxy) is 13. The molecule has 4 aromatic rings. The monoisotopic (exact) mass is 1730 g/mol. The number of Topliss-reactive ketones (excluding diaryl/α,β-unsaturated/α-hetero) is 3. The average Bonchev–Trinajstić information content (AvgIpc) is 1.15. The van der Waals surface area contributed by atoms with Gasteiger partial charge in [-0.1, -0.05) is 64.2 Å². The fraction of sp³-hybridized carbons (Fsp3) is 0.674. The summed E-state index contributed by atoms with van der Waals surface area (Å²) in [5.74, 6) is -9.44. The summed E-state index contributed by atoms with van der Waals surface area (Å²) in [4.78, 5) is 123. The number of nitrogens with two attached hydrogens (primary N) is 3. The number of carbonyl (C=O) groups excluding carboxylic acids is 8. The van der Waals surface area contributed by atoms with Crippen molar-refractivity contribution in [1.29, 1.82) is 0 Å². The zero-order chi connectivity index (χ0) is 88.8. The highest BCUT2D eigenvalue weighted by molar-refractivity contribution is 6.39. The zero-order valence-electron chi connectivity index (χ0n) is 72.3. The third-order valence-electron chi connectivity index (χ3n) is 22.4. The molecule has 3 fully saturated rings. The van der Waals surface area contributed by atoms with E-state index in [2.05, 4.69) is 30.9 Å². The fourth-order valence-corrected chi connectivity index (χ4v) is 15.3. The number of nitrogens with one attached hydrogen (secondary N) is 3. The highest BCUT2D eigenvalue weighted by Crippen LogP contribution is 2.39. The minimum atomic E-state index is -2.51. The molecule has 0 spiro atoms. The Labute approximate surface area is 718 Å². The lowest BCUT2D eigenvalue weighted by atomic mass is 9.80. The van der Waals surface area contributed by atoms with Gasteiger partial charge in [0, 0.05) is 95.4 Å². The molecule has 15 atom stereocenters. The van der Waals surface area contributed by atoms with Crippen molar-refractivity contribution in [2.75, 3.05) is 158 Å². The molecular weight excluding hydrogens is 1600 g/mol. The molecule has 2 saturated heterocycles. The number of hydrogen-bond donors (Lipinski definition) is 9. The number of nitrogen functional groups attached to an aromatic ring is 2. The van der Waals surface area contributed by atoms with Gasteiger partial charge in [-0.05, 0) is 119 Å². The van der Waals surface area contributed by atoms with Crippen molar-refractivity contribution >= 4 is 81.1 Å². The fourth-order valence-electron chi connectivity index (χ4n) is 15.3. The van der Waals surface area contributed by atoms with Gasteiger partial charge in [0.25, 0.3) is 17.7 Å². The second kappa shape index (κ2) is 52.3. The van der Waals surface area contributed by atoms with Crippen molar-refractivity contribution in [2.45, 2.75) is 199 Å². The Morgan fingerprint density at radius 1 is 0.683 bits per heavy atom. The SMILES string of the molecule is CO[C@H]1C[C@@H]2CC[C@@H](C)[C@@](O)(O2)C(=O)C(=O)N2CCCC[C@H]2C(=O)O[C@H]([C@H](N)C[C@@H]2CC[C@@H](OC(=O)NCCOCCOCCOCCOCCC(=O)NCCOCCOCCOCCOCCC(=O)NCCn3nc(-c4ccc5oc(N)nc5c4)c4c(N)ncnc43)[C@H](OC)C2)CC(=O)[C@H](C)/C=C(\C)[C@@H](O)[C@@H](O)C(=O)[C@H](C)C[C@H](C)/C=C/C=C/C=C/1C. The van der Waals surface area contributed by atoms with Crippen LogP contribution in [0.15, 0.2) is 76.5 Å². The molecule has 3 aliphatic heterocycles. The number of anilines is 2. The molecule has 3 aromatic heterocycles. The quantitative estimate of drug-likeness (QED) is 0.0124. The average molecular weight is 1730 g/mol. The Bertz CT molecular complexity index is 4140. The number of hydrogen-bond acceptors (Lipinski definition) is 32. The van der Waals surface area contributed by atoms with E-state index in [0.29, 0.717) is 172 Å². The molecule has 12 N–H and O–H groups in total. The molecule has 4 aliphatic rings. The second-order valence-electron chi connectivity index (χ2n) is 31.7. The number of methoxy groups -OCH3 is 2. The van der Waals surface area contributed by atoms with Crippen LogP contribution in [-0.2, 0) is 102 Å². The Morgan fingerprint density at radius 3 is 1.95 bits per heavy atom. The number of piperidine rings is 1. The largest absolute Gasteiger partial charge is 0.459 e. The van der Waals surface area contributed by atoms with Gasteiger partial charge in [-0.3, -0.25) is 28.8 Å². The number of benzene rings is 1. The van der Waals surface area contributed by atoms with Gasteiger partial charge in [0.05, 0.1) is 136 Å². The van der Waals surface area contributed by atoms with Crippen LogP contribution in [0, 0.1) is 29.6 Å². The van der Waals surface area contributed by atoms with Crippen molar-refractivity contribution in [3.63, 3.8) is 0 Å². The summed E-state index contributed by atoms with van der Waals surface area (Å²) >= 11 is 0. The summed E-state index contributed by atoms with van der Waals surface area (Å²) in [5.41, 5.74) is 22.9. The van der Waals surface area contributed by atoms with E-state index in [4.69, 9.17) is 88.3 Å². The van der Waals surface area contributed by atoms with Gasteiger partial charge < -0.3 is 119 Å². The number of rotatable bonds is 40. The van der Waals surface area contributed by atoms with E-state index in [1.807, 2.05) is 50.3 Å². The van der Waals surface area contributed by atoms with E-state index in [9.17, 15) is 53.7 Å². The third kappa shape index (κ3) is 31.8. The molecule has 6 heterocycles. The number of aliphatic hydroxyl groups excluding tert-OH is 2. The number of allylic oxidation sites excluding steroid dienone is 6. The highest BCUT2D eigenvalue weighted by Gasteiger charge is 2.53. The van der Waals surface area contributed by atoms with E-state index >= 15 is 0 Å². The minimum absolute atomic E-state index is 0.00682. The van der Waals surface area contributed by atoms with Gasteiger partial charge in [-0.15, -0.1) is 0 Å². The lowest BCUT2D eigenvalue weighted by Gasteiger charge is -2.42. The molecule has 0 unspecified atom stereocenters. The molecule has 0 radical (unpaired) electrons. The summed E-state index contributed by atoms with van der Waals surface area (Å²) in [6, 6.07) is 3.17. The predicted octanol–water partition coefficient (Wildman–Crippen LogP) is 4.91. The first-order valence-electron chi connectivity index (χ1n) is 42.8. The molecule has 4 amide bonds. The number of aromatic nitrogens is 5. The molecule has 37 nitrogen and oxygen atoms in total. The van der Waals surface area contributed by atoms with Crippen LogP contribution in [0.4, 0.5) is 16.6 Å². The van der Waals surface area contributed by atoms with Gasteiger partial charge >= 0.3 is 12.1 Å². The number of ketones is 3. The van der Waals surface area contributed by atoms with Crippen LogP contribution < -0.4 is 33.2 Å². The number of fused-ring (bicyclic) bond motifs is 5. The smallest absolute Gasteiger partial charge is 0.407 e. The maximum atomic E-state index is 14.6. The number of carbonyl (C=O) groups is 8. The van der Waals surface area contributed by atoms with Crippen LogP contribution in [0.3, 0.4) is 0 Å². The first-order chi connectivity index (χ1) is 59.2. The predicted molar refractivity (Wildman–Crippen MR) is 450 cm³/mol. The Hall–Kier alpha value is -8.64. The van der Waals surface area contributed by atoms with Crippen LogP contribution in [-0.4, -0.2) is 299 Å². The molecule has 2 bridgehead atoms. The molecule has 123 heavy (non-hydrogen) atoms. The Balaban J connectivity index is 0.641. The summed E-state index contributed by atoms with van der Waals surface area (Å²) in [6.07, 6.45) is 8.34. The summed E-state index contributed by atoms with van der Waals surface area (Å²) in [5, 5.41) is 48.2. The Morgan fingerprint density at radius 2 is 1.31 bits per heavy atom. The normalized spacial score (nSPS) is 26.8. The molecule has 1 aliphatic carbocycles. The number of cyclic esters (lactones) is 1. The molecular formula is C86H130N12O25. The standard InChI is InChI=1S/C86H130N12O25/c1-54-14-10-9-11-15-55(2)69(110-7)51-62-20-17-59(6)86(109,123-62)79(105)82(106)97-28-13-12-16-65(97)83(107)120-70(52-66(99)56(3)47-58(5)77(103)78(104)76(102)57(4)46-54)63(87)48-60-18-21-68(71(49-60)111-8)122-85(108)92-27-33-115-37-41-119-45-43-117-39-35-113-31-24-73(101)91-26-32-114-36-40-118-44-42-116-38-34-112-30-23-72(100)90-25-29-98-81-74(80(88)93-53-94-81)75(96-98)61-19-22-67-64(50-61)95-84(89)121-67/h9-11,14-15,19,22,47,50,53-54,56-57,59-60,62-63,65,68-71,77-78,103-104,109H,12-13,16-18,20-21,23-46,48-49,51-52,87H2,1-8H3,(H2,89,95)(H,90,100)(H,91,101)(H,92,108)(H2,88,93,94)/b11-9+,14-10+,55-15+,58-47+/t54-,56-,57-,59-,60+,62+,63-,65+,68-,69+,70+,71-,77-,78+,86-/m1/s1. The van der Waals surface area contributed by atoms with Crippen LogP contribution >= 0.6 is 0 Å². The van der Waals surface area contributed by atoms with E-state index in [0.717, 1.165) is 16.0 Å². The summed E-state index contributed by atoms with van der Waals surface area (Å²) < 4.78 is 81.5. The summed E-state index contributed by atoms with van der Waals surface area (Å²) in [6.45, 7) is 16.1. The zero-order valence-corrected chi connectivity index (χ0v) is 72.3. The molecule has 684 valence electrons. The van der Waals surface area contributed by atoms with Crippen molar-refractivity contribution in [3.05, 3.63) is 72.1 Å². The van der Waals surface area contributed by atoms with E-state index in [1.54, 1.807) is 44.7 Å². The van der Waals surface area contributed by atoms with E-state index in [-0.39, 0.29) is 119 Å². The number of oxazole rings is 1. The minimum Gasteiger partial charge on any atom is -0.459 e. The molecule has 1 saturated carbocycles. The van der Waals surface area contributed by atoms with E-state index < -0.39 is 120 Å². The van der Waals surface area contributed by atoms with Crippen molar-refractivity contribution in [1.82, 2.24) is 45.6 Å². The van der Waals surface area contributed by atoms with Gasteiger partial charge in [0.1, 0.15) is 59.6 Å². The maximum Gasteiger partial charge on any atom is 0.407 e. The maximum absolute atomic E-state index is 14.6. The first kappa shape index (κ1) is 99.8. The number of alkyl carbamates (subject to hydrolysis) is 1. The number of nitrogens with zero attached hydrogens (tertiary/aromatic N) is 6. The van der Waals surface area contributed by atoms with Gasteiger partial charge in [0.15, 0.2) is 17.0 Å². The first-order valence-corrected chi connectivity index (χ1v) is 42.8. The molecule has 8 rings (SSSR count). The van der Waals surface area contributed by atoms with Gasteiger partial charge in [-0.2, -0.15) is 10.1 Å². The van der Waals surface area contributed by atoms with Crippen molar-refractivity contribution < 1.29 is 120 Å². The van der Waals surface area contributed by atoms with Crippen LogP contribution in [0.1, 0.15) is 131 Å². The lowest BCUT2D eigenvalue weighted by Crippen LogP contribution is -2.61. The third-order valence-corrected chi connectivity index (χ3v) is 22.4. The van der Waals surface area contributed by atoms with Crippen LogP contribution in [0.25, 0.3) is 33.4 Å². The van der Waals surface area contributed by atoms with E-state index in [1.165, 1.54) is 26.4 Å². The van der Waals surface area contributed by atoms with Crippen molar-refractivity contribution in [3.8, 4) is 11.3 Å². The number of aliphatic hydroxyl groups is 3. The second-order valence-corrected chi connectivity index (χ2v) is 31.7. The summed E-state index contributed by atoms with van der Waals surface area (Å²) in [7, 11) is 3.05. The number of amides is 4. The van der Waals surface area contributed by atoms with Crippen molar-refractivity contribution in [2.24, 2.45) is 35.3 Å². The topological polar surface area (TPSA) is 504 Å². The highest BCUT2D eigenvalue weighted by atomic mass is 16.6. The van der Waals surface area contributed by atoms with Crippen LogP contribution in [0.2, 0.25) is 0 Å². The Kier molecular flexibility index (Phi) is 42.5. The molecule has 1 aromatic carbocycles. The van der Waals surface area contributed by atoms with Crippen LogP contribution in [0.5, 0.6) is 0 Å². The number of esters is 1. The van der Waals surface area contributed by atoms with Gasteiger partial charge in [-0.25, -0.2) is 24.2 Å².